The summed E-state index contributed by atoms with van der Waals surface area (Å²) in [6, 6.07) is 59.6. The van der Waals surface area contributed by atoms with Crippen LogP contribution in [0.2, 0.25) is 0 Å². The van der Waals surface area contributed by atoms with Crippen molar-refractivity contribution in [1.82, 2.24) is 0 Å². The first-order valence-corrected chi connectivity index (χ1v) is 20.4. The van der Waals surface area contributed by atoms with Crippen LogP contribution in [0.3, 0.4) is 0 Å². The largest absolute Gasteiger partial charge is 0.302 e. The van der Waals surface area contributed by atoms with E-state index in [2.05, 4.69) is 210 Å². The van der Waals surface area contributed by atoms with Crippen molar-refractivity contribution in [2.75, 3.05) is 4.90 Å². The van der Waals surface area contributed by atoms with E-state index in [-0.39, 0.29) is 10.8 Å². The van der Waals surface area contributed by atoms with Crippen molar-refractivity contribution < 1.29 is 0 Å². The Morgan fingerprint density at radius 3 is 1.89 bits per heavy atom. The maximum atomic E-state index is 3.80. The van der Waals surface area contributed by atoms with Gasteiger partial charge in [0.2, 0.25) is 0 Å². The Bertz CT molecular complexity index is 2700. The fraction of sp³-hybridized carbons (Fsp3) is 0.179. The zero-order chi connectivity index (χ0) is 39.1. The van der Waals surface area contributed by atoms with Crippen LogP contribution in [0.25, 0.3) is 50.1 Å². The summed E-state index contributed by atoms with van der Waals surface area (Å²) in [6.07, 6.45) is 6.63. The summed E-state index contributed by atoms with van der Waals surface area (Å²) in [5.41, 5.74) is 23.4. The second kappa shape index (κ2) is 13.1. The second-order valence-corrected chi connectivity index (χ2v) is 17.2. The number of fused-ring (bicyclic) bond motifs is 6. The normalized spacial score (nSPS) is 15.4. The molecule has 0 saturated heterocycles. The third kappa shape index (κ3) is 5.46. The third-order valence-electron chi connectivity index (χ3n) is 13.1. The molecule has 0 aromatic heterocycles. The van der Waals surface area contributed by atoms with E-state index in [1.54, 1.807) is 0 Å². The van der Waals surface area contributed by atoms with Gasteiger partial charge in [-0.05, 0) is 135 Å². The minimum absolute atomic E-state index is 0.156. The molecule has 0 amide bonds. The number of benzene rings is 6. The molecule has 7 aromatic rings. The fourth-order valence-electron chi connectivity index (χ4n) is 9.99. The van der Waals surface area contributed by atoms with E-state index in [1.165, 1.54) is 89.2 Å². The van der Waals surface area contributed by atoms with Gasteiger partial charge < -0.3 is 4.90 Å². The van der Waals surface area contributed by atoms with Gasteiger partial charge in [-0.25, -0.2) is 0 Å². The van der Waals surface area contributed by atoms with E-state index in [0.717, 1.165) is 29.8 Å². The van der Waals surface area contributed by atoms with Crippen LogP contribution in [0, 0.1) is 19.1 Å². The number of rotatable bonds is 6. The fourth-order valence-corrected chi connectivity index (χ4v) is 9.99. The second-order valence-electron chi connectivity index (χ2n) is 17.2. The van der Waals surface area contributed by atoms with Crippen molar-refractivity contribution in [2.24, 2.45) is 0 Å². The molecule has 0 bridgehead atoms. The van der Waals surface area contributed by atoms with Crippen molar-refractivity contribution in [2.45, 2.75) is 65.2 Å². The molecule has 0 atom stereocenters. The predicted octanol–water partition coefficient (Wildman–Crippen LogP) is 15.1. The molecule has 3 aliphatic carbocycles. The summed E-state index contributed by atoms with van der Waals surface area (Å²) < 4.78 is 0. The lowest BCUT2D eigenvalue weighted by Crippen LogP contribution is -2.19. The van der Waals surface area contributed by atoms with Crippen molar-refractivity contribution >= 4 is 22.6 Å². The molecule has 0 fully saturated rings. The maximum absolute atomic E-state index is 3.80. The molecule has 1 heteroatoms. The van der Waals surface area contributed by atoms with Gasteiger partial charge in [-0.1, -0.05) is 155 Å². The van der Waals surface area contributed by atoms with E-state index in [1.807, 2.05) is 0 Å². The van der Waals surface area contributed by atoms with Crippen molar-refractivity contribution in [3.63, 3.8) is 0 Å². The zero-order valence-electron chi connectivity index (χ0n) is 33.8. The average molecular weight is 734 g/mol. The minimum Gasteiger partial charge on any atom is -0.302 e. The van der Waals surface area contributed by atoms with Crippen LogP contribution in [0.4, 0.5) is 17.1 Å². The molecule has 3 aliphatic rings. The molecule has 1 nitrogen and oxygen atoms in total. The Balaban J connectivity index is 1.32. The molecule has 0 saturated carbocycles. The Kier molecular flexibility index (Phi) is 8.07. The highest BCUT2D eigenvalue weighted by molar-refractivity contribution is 6.00. The van der Waals surface area contributed by atoms with E-state index < -0.39 is 0 Å². The van der Waals surface area contributed by atoms with E-state index in [9.17, 15) is 0 Å². The van der Waals surface area contributed by atoms with Crippen molar-refractivity contribution in [3.05, 3.63) is 203 Å². The number of hydrogen-bond donors (Lipinski definition) is 0. The van der Waals surface area contributed by atoms with Gasteiger partial charge in [-0.2, -0.15) is 0 Å². The monoisotopic (exact) mass is 733 g/mol. The molecule has 0 spiro atoms. The summed E-state index contributed by atoms with van der Waals surface area (Å²) in [4.78, 5) is 2.53. The van der Waals surface area contributed by atoms with Gasteiger partial charge in [-0.15, -0.1) is 0 Å². The van der Waals surface area contributed by atoms with Gasteiger partial charge in [0.15, 0.2) is 0 Å². The highest BCUT2D eigenvalue weighted by Crippen LogP contribution is 2.55. The summed E-state index contributed by atoms with van der Waals surface area (Å²) in [7, 11) is 0. The van der Waals surface area contributed by atoms with Crippen LogP contribution in [0.1, 0.15) is 80.8 Å². The molecule has 10 rings (SSSR count). The molecule has 0 aliphatic heterocycles. The molecule has 7 aromatic carbocycles. The highest BCUT2D eigenvalue weighted by Gasteiger charge is 2.38. The summed E-state index contributed by atoms with van der Waals surface area (Å²) in [5, 5.41) is 0. The molecular weight excluding hydrogens is 687 g/mol. The lowest BCUT2D eigenvalue weighted by atomic mass is 9.81. The molecule has 0 N–H and O–H groups in total. The highest BCUT2D eigenvalue weighted by atomic mass is 15.1. The van der Waals surface area contributed by atoms with E-state index in [0.29, 0.717) is 0 Å². The molecular formula is C56H47N. The van der Waals surface area contributed by atoms with Crippen LogP contribution in [0.15, 0.2) is 157 Å². The third-order valence-corrected chi connectivity index (χ3v) is 13.1. The van der Waals surface area contributed by atoms with Crippen LogP contribution in [-0.2, 0) is 10.8 Å². The SMILES string of the molecule is CC1=C(c2cc(-c3ccccc3)cc(-c3ccccc3C)c2N(c2c#cc3c(c2)C(C)(C)c2ccccc2-3)c2ccc3c(c2)C(C)(C)c2ccccc2-3)CCC=C1. The van der Waals surface area contributed by atoms with E-state index in [4.69, 9.17) is 0 Å². The molecule has 0 heterocycles. The standard InChI is InChI=1S/C56H47N/c1-36-18-10-12-22-42(36)48-32-39(38-20-8-7-9-21-38)33-49(43-23-13-11-19-37(43)2)54(48)57(40-28-30-46-44-24-14-16-26-50(44)55(3,4)52(46)34-40)41-29-31-47-45-25-15-17-27-51(45)56(5,6)53(47)35-41/h7-12,14-22,24-28,30,32-35H,13,23H2,1-6H3. The lowest BCUT2D eigenvalue weighted by Gasteiger charge is -2.33. The number of allylic oxidation sites excluding steroid dienone is 4. The molecule has 0 radical (unpaired) electrons. The van der Waals surface area contributed by atoms with Gasteiger partial charge in [0.1, 0.15) is 0 Å². The van der Waals surface area contributed by atoms with Crippen LogP contribution in [0.5, 0.6) is 0 Å². The average Bonchev–Trinajstić information content (AvgIpc) is 3.61. The van der Waals surface area contributed by atoms with Crippen molar-refractivity contribution in [1.29, 1.82) is 0 Å². The number of hydrogen-bond acceptors (Lipinski definition) is 1. The Morgan fingerprint density at radius 2 is 1.14 bits per heavy atom. The zero-order valence-corrected chi connectivity index (χ0v) is 33.8. The van der Waals surface area contributed by atoms with Gasteiger partial charge >= 0.3 is 0 Å². The minimum atomic E-state index is -0.189. The van der Waals surface area contributed by atoms with Crippen LogP contribution in [-0.4, -0.2) is 0 Å². The van der Waals surface area contributed by atoms with Gasteiger partial charge in [0.05, 0.1) is 11.4 Å². The Morgan fingerprint density at radius 1 is 0.509 bits per heavy atom. The predicted molar refractivity (Wildman–Crippen MR) is 241 cm³/mol. The molecule has 57 heavy (non-hydrogen) atoms. The Hall–Kier alpha value is -6.36. The first-order valence-electron chi connectivity index (χ1n) is 20.4. The van der Waals surface area contributed by atoms with Crippen LogP contribution < -0.4 is 4.90 Å². The quantitative estimate of drug-likeness (QED) is 0.164. The first kappa shape index (κ1) is 35.1. The van der Waals surface area contributed by atoms with Crippen molar-refractivity contribution in [3.8, 4) is 44.5 Å². The summed E-state index contributed by atoms with van der Waals surface area (Å²) >= 11 is 0. The summed E-state index contributed by atoms with van der Waals surface area (Å²) in [6.45, 7) is 14.0. The topological polar surface area (TPSA) is 3.24 Å². The Labute approximate surface area is 338 Å². The number of aryl methyl sites for hydroxylation is 1. The first-order chi connectivity index (χ1) is 27.6. The smallest absolute Gasteiger partial charge is 0.0977 e. The summed E-state index contributed by atoms with van der Waals surface area (Å²) in [5.74, 6) is 0. The number of nitrogens with zero attached hydrogens (tertiary/aromatic N) is 1. The van der Waals surface area contributed by atoms with Gasteiger partial charge in [0, 0.05) is 33.2 Å². The maximum Gasteiger partial charge on any atom is 0.0977 e. The molecule has 0 unspecified atom stereocenters. The van der Waals surface area contributed by atoms with E-state index >= 15 is 0 Å². The van der Waals surface area contributed by atoms with Gasteiger partial charge in [0.25, 0.3) is 0 Å². The molecule has 276 valence electrons. The van der Waals surface area contributed by atoms with Gasteiger partial charge in [-0.3, -0.25) is 0 Å². The van der Waals surface area contributed by atoms with Crippen LogP contribution >= 0.6 is 0 Å². The lowest BCUT2D eigenvalue weighted by molar-refractivity contribution is 0.660. The number of anilines is 3.